The Bertz CT molecular complexity index is 257. The van der Waals surface area contributed by atoms with Crippen LogP contribution in [0.2, 0.25) is 0 Å². The van der Waals surface area contributed by atoms with Crippen LogP contribution in [0.1, 0.15) is 20.3 Å². The van der Waals surface area contributed by atoms with Crippen molar-refractivity contribution in [3.05, 3.63) is 0 Å². The number of methoxy groups -OCH3 is 1. The van der Waals surface area contributed by atoms with Crippen molar-refractivity contribution in [2.45, 2.75) is 32.4 Å². The topological polar surface area (TPSA) is 53.3 Å². The van der Waals surface area contributed by atoms with Gasteiger partial charge in [0.05, 0.1) is 12.2 Å². The number of rotatable bonds is 2. The van der Waals surface area contributed by atoms with Crippen molar-refractivity contribution in [1.29, 1.82) is 5.26 Å². The summed E-state index contributed by atoms with van der Waals surface area (Å²) in [6.45, 7) is 4.32. The standard InChI is InChI=1S/C10H16N2O2/c1-7(2)10(13)12-5-4-9(14-3)8(12)6-11/h7-9H,4-5H2,1-3H3/t8-,9+/m1/s1. The molecule has 1 aliphatic rings. The third-order valence-corrected chi connectivity index (χ3v) is 2.55. The molecule has 0 radical (unpaired) electrons. The molecular weight excluding hydrogens is 180 g/mol. The molecule has 4 heteroatoms. The normalized spacial score (nSPS) is 26.6. The Kier molecular flexibility index (Phi) is 3.48. The molecule has 1 fully saturated rings. The van der Waals surface area contributed by atoms with Crippen LogP contribution in [0.15, 0.2) is 0 Å². The van der Waals surface area contributed by atoms with E-state index in [1.807, 2.05) is 13.8 Å². The summed E-state index contributed by atoms with van der Waals surface area (Å²) in [6, 6.07) is 1.72. The van der Waals surface area contributed by atoms with Gasteiger partial charge in [0, 0.05) is 19.6 Å². The monoisotopic (exact) mass is 196 g/mol. The van der Waals surface area contributed by atoms with Gasteiger partial charge in [0.2, 0.25) is 5.91 Å². The SMILES string of the molecule is CO[C@H]1CCN(C(=O)C(C)C)[C@@H]1C#N. The van der Waals surface area contributed by atoms with Crippen molar-refractivity contribution in [1.82, 2.24) is 4.90 Å². The van der Waals surface area contributed by atoms with Crippen LogP contribution in [0.5, 0.6) is 0 Å². The van der Waals surface area contributed by atoms with E-state index in [1.165, 1.54) is 0 Å². The molecule has 1 rings (SSSR count). The number of ether oxygens (including phenoxy) is 1. The van der Waals surface area contributed by atoms with Crippen molar-refractivity contribution >= 4 is 5.91 Å². The van der Waals surface area contributed by atoms with Gasteiger partial charge in [0.1, 0.15) is 6.04 Å². The van der Waals surface area contributed by atoms with Crippen LogP contribution < -0.4 is 0 Å². The molecule has 1 amide bonds. The van der Waals surface area contributed by atoms with E-state index in [1.54, 1.807) is 12.0 Å². The molecule has 0 aromatic carbocycles. The van der Waals surface area contributed by atoms with Crippen LogP contribution >= 0.6 is 0 Å². The Balaban J connectivity index is 2.73. The van der Waals surface area contributed by atoms with E-state index in [9.17, 15) is 4.79 Å². The summed E-state index contributed by atoms with van der Waals surface area (Å²) in [5.74, 6) is -0.0162. The lowest BCUT2D eigenvalue weighted by molar-refractivity contribution is -0.135. The summed E-state index contributed by atoms with van der Waals surface area (Å²) < 4.78 is 5.16. The van der Waals surface area contributed by atoms with Gasteiger partial charge in [-0.15, -0.1) is 0 Å². The predicted molar refractivity (Wildman–Crippen MR) is 51.4 cm³/mol. The number of carbonyl (C=O) groups is 1. The summed E-state index contributed by atoms with van der Waals surface area (Å²) in [4.78, 5) is 13.3. The van der Waals surface area contributed by atoms with E-state index in [0.29, 0.717) is 6.54 Å². The van der Waals surface area contributed by atoms with E-state index >= 15 is 0 Å². The first-order valence-electron chi connectivity index (χ1n) is 4.84. The lowest BCUT2D eigenvalue weighted by atomic mass is 10.1. The number of nitriles is 1. The van der Waals surface area contributed by atoms with Gasteiger partial charge in [-0.2, -0.15) is 5.26 Å². The Labute approximate surface area is 84.4 Å². The Morgan fingerprint density at radius 1 is 1.64 bits per heavy atom. The Hall–Kier alpha value is -1.08. The molecule has 78 valence electrons. The molecule has 0 spiro atoms. The van der Waals surface area contributed by atoms with Crippen LogP contribution in [-0.4, -0.2) is 36.6 Å². The first-order valence-corrected chi connectivity index (χ1v) is 4.84. The van der Waals surface area contributed by atoms with Crippen LogP contribution in [0, 0.1) is 17.2 Å². The van der Waals surface area contributed by atoms with Crippen molar-refractivity contribution in [2.24, 2.45) is 5.92 Å². The van der Waals surface area contributed by atoms with Crippen LogP contribution in [-0.2, 0) is 9.53 Å². The van der Waals surface area contributed by atoms with Crippen molar-refractivity contribution < 1.29 is 9.53 Å². The highest BCUT2D eigenvalue weighted by molar-refractivity contribution is 5.79. The summed E-state index contributed by atoms with van der Waals surface area (Å²) in [5, 5.41) is 8.94. The largest absolute Gasteiger partial charge is 0.378 e. The third kappa shape index (κ3) is 1.88. The van der Waals surface area contributed by atoms with E-state index in [-0.39, 0.29) is 17.9 Å². The third-order valence-electron chi connectivity index (χ3n) is 2.55. The number of hydrogen-bond donors (Lipinski definition) is 0. The first-order chi connectivity index (χ1) is 6.61. The maximum Gasteiger partial charge on any atom is 0.226 e. The smallest absolute Gasteiger partial charge is 0.226 e. The minimum atomic E-state index is -0.408. The molecular formula is C10H16N2O2. The quantitative estimate of drug-likeness (QED) is 0.656. The second-order valence-electron chi connectivity index (χ2n) is 3.82. The van der Waals surface area contributed by atoms with Crippen LogP contribution in [0.3, 0.4) is 0 Å². The number of likely N-dealkylation sites (tertiary alicyclic amines) is 1. The van der Waals surface area contributed by atoms with Crippen molar-refractivity contribution in [3.63, 3.8) is 0 Å². The van der Waals surface area contributed by atoms with Gasteiger partial charge in [-0.25, -0.2) is 0 Å². The van der Waals surface area contributed by atoms with E-state index in [0.717, 1.165) is 6.42 Å². The van der Waals surface area contributed by atoms with Gasteiger partial charge < -0.3 is 9.64 Å². The van der Waals surface area contributed by atoms with Gasteiger partial charge in [-0.3, -0.25) is 4.79 Å². The fourth-order valence-electron chi connectivity index (χ4n) is 1.74. The zero-order chi connectivity index (χ0) is 10.7. The molecule has 1 heterocycles. The summed E-state index contributed by atoms with van der Waals surface area (Å²) in [7, 11) is 1.58. The lowest BCUT2D eigenvalue weighted by Crippen LogP contribution is -2.41. The zero-order valence-electron chi connectivity index (χ0n) is 8.86. The molecule has 0 saturated carbocycles. The molecule has 14 heavy (non-hydrogen) atoms. The van der Waals surface area contributed by atoms with E-state index in [2.05, 4.69) is 6.07 Å². The maximum absolute atomic E-state index is 11.7. The molecule has 0 bridgehead atoms. The highest BCUT2D eigenvalue weighted by Gasteiger charge is 2.37. The molecule has 0 N–H and O–H groups in total. The zero-order valence-corrected chi connectivity index (χ0v) is 8.86. The average molecular weight is 196 g/mol. The molecule has 0 aliphatic carbocycles. The summed E-state index contributed by atoms with van der Waals surface area (Å²) in [5.41, 5.74) is 0. The van der Waals surface area contributed by atoms with Gasteiger partial charge >= 0.3 is 0 Å². The minimum Gasteiger partial charge on any atom is -0.378 e. The lowest BCUT2D eigenvalue weighted by Gasteiger charge is -2.23. The number of amides is 1. The van der Waals surface area contributed by atoms with Gasteiger partial charge in [0.15, 0.2) is 0 Å². The summed E-state index contributed by atoms with van der Waals surface area (Å²) in [6.07, 6.45) is 0.635. The second kappa shape index (κ2) is 4.43. The molecule has 0 aromatic rings. The summed E-state index contributed by atoms with van der Waals surface area (Å²) >= 11 is 0. The van der Waals surface area contributed by atoms with Gasteiger partial charge in [-0.1, -0.05) is 13.8 Å². The van der Waals surface area contributed by atoms with Crippen LogP contribution in [0.4, 0.5) is 0 Å². The molecule has 4 nitrogen and oxygen atoms in total. The minimum absolute atomic E-state index is 0.0381. The average Bonchev–Trinajstić information content (AvgIpc) is 2.58. The number of nitrogens with zero attached hydrogens (tertiary/aromatic N) is 2. The Morgan fingerprint density at radius 3 is 2.71 bits per heavy atom. The highest BCUT2D eigenvalue weighted by atomic mass is 16.5. The second-order valence-corrected chi connectivity index (χ2v) is 3.82. The highest BCUT2D eigenvalue weighted by Crippen LogP contribution is 2.21. The molecule has 0 aromatic heterocycles. The van der Waals surface area contributed by atoms with Crippen molar-refractivity contribution in [2.75, 3.05) is 13.7 Å². The fraction of sp³-hybridized carbons (Fsp3) is 0.800. The van der Waals surface area contributed by atoms with E-state index in [4.69, 9.17) is 10.00 Å². The van der Waals surface area contributed by atoms with Crippen LogP contribution in [0.25, 0.3) is 0 Å². The number of carbonyl (C=O) groups excluding carboxylic acids is 1. The molecule has 0 unspecified atom stereocenters. The Morgan fingerprint density at radius 2 is 2.29 bits per heavy atom. The molecule has 1 saturated heterocycles. The number of hydrogen-bond acceptors (Lipinski definition) is 3. The predicted octanol–water partition coefficient (Wildman–Crippen LogP) is 0.782. The van der Waals surface area contributed by atoms with E-state index < -0.39 is 6.04 Å². The fourth-order valence-corrected chi connectivity index (χ4v) is 1.74. The van der Waals surface area contributed by atoms with Crippen molar-refractivity contribution in [3.8, 4) is 6.07 Å². The molecule has 2 atom stereocenters. The maximum atomic E-state index is 11.7. The van der Waals surface area contributed by atoms with Gasteiger partial charge in [-0.05, 0) is 6.42 Å². The molecule has 1 aliphatic heterocycles. The first kappa shape index (κ1) is 11.0. The van der Waals surface area contributed by atoms with Gasteiger partial charge in [0.25, 0.3) is 0 Å².